The molecule has 1 heterocycles. The monoisotopic (exact) mass is 517 g/mol. The van der Waals surface area contributed by atoms with Gasteiger partial charge in [-0.1, -0.05) is 59.8 Å². The van der Waals surface area contributed by atoms with E-state index < -0.39 is 0 Å². The smallest absolute Gasteiger partial charge is 0.250 e. The number of hydrazone groups is 1. The Bertz CT molecular complexity index is 1390. The molecule has 0 aliphatic carbocycles. The minimum Gasteiger partial charge on any atom is -0.496 e. The van der Waals surface area contributed by atoms with Gasteiger partial charge in [-0.25, -0.2) is 5.43 Å². The Hall–Kier alpha value is -4.31. The van der Waals surface area contributed by atoms with Crippen LogP contribution < -0.4 is 19.6 Å². The lowest BCUT2D eigenvalue weighted by Crippen LogP contribution is -2.20. The number of aryl methyl sites for hydroxylation is 1. The number of methoxy groups -OCH3 is 3. The van der Waals surface area contributed by atoms with Crippen molar-refractivity contribution in [3.05, 3.63) is 77.9 Å². The number of rotatable bonds is 10. The van der Waals surface area contributed by atoms with Gasteiger partial charge in [-0.3, -0.25) is 9.36 Å². The summed E-state index contributed by atoms with van der Waals surface area (Å²) in [6.45, 7) is 2.04. The number of ether oxygens (including phenoxy) is 3. The molecular weight excluding hydrogens is 490 g/mol. The second kappa shape index (κ2) is 12.1. The second-order valence-corrected chi connectivity index (χ2v) is 8.82. The molecular formula is C27H27N5O4S. The first-order valence-electron chi connectivity index (χ1n) is 11.4. The molecule has 0 unspecified atom stereocenters. The topological polar surface area (TPSA) is 99.9 Å². The van der Waals surface area contributed by atoms with Crippen molar-refractivity contribution in [1.29, 1.82) is 0 Å². The van der Waals surface area contributed by atoms with Crippen LogP contribution in [0.2, 0.25) is 0 Å². The summed E-state index contributed by atoms with van der Waals surface area (Å²) in [5.74, 6) is 2.09. The van der Waals surface area contributed by atoms with Gasteiger partial charge in [0.25, 0.3) is 5.91 Å². The van der Waals surface area contributed by atoms with Crippen LogP contribution in [-0.4, -0.2) is 54.0 Å². The van der Waals surface area contributed by atoms with Crippen LogP contribution in [0.5, 0.6) is 17.2 Å². The lowest BCUT2D eigenvalue weighted by Gasteiger charge is -2.11. The predicted octanol–water partition coefficient (Wildman–Crippen LogP) is 4.51. The number of para-hydroxylation sites is 1. The van der Waals surface area contributed by atoms with E-state index in [0.717, 1.165) is 16.8 Å². The number of carbonyl (C=O) groups excluding carboxylic acids is 1. The summed E-state index contributed by atoms with van der Waals surface area (Å²) in [6.07, 6.45) is 1.49. The average molecular weight is 518 g/mol. The molecule has 0 aliphatic rings. The number of benzene rings is 3. The summed E-state index contributed by atoms with van der Waals surface area (Å²) in [6, 6.07) is 21.3. The summed E-state index contributed by atoms with van der Waals surface area (Å²) in [7, 11) is 4.63. The third kappa shape index (κ3) is 6.10. The van der Waals surface area contributed by atoms with E-state index in [0.29, 0.717) is 33.8 Å². The fraction of sp³-hybridized carbons (Fsp3) is 0.185. The number of nitrogens with zero attached hydrogens (tertiary/aromatic N) is 4. The van der Waals surface area contributed by atoms with Crippen LogP contribution >= 0.6 is 11.8 Å². The Morgan fingerprint density at radius 1 is 0.946 bits per heavy atom. The average Bonchev–Trinajstić information content (AvgIpc) is 3.36. The molecule has 1 amide bonds. The molecule has 0 atom stereocenters. The molecule has 0 spiro atoms. The van der Waals surface area contributed by atoms with Gasteiger partial charge in [0.2, 0.25) is 0 Å². The number of thioether (sulfide) groups is 1. The maximum absolute atomic E-state index is 12.6. The summed E-state index contributed by atoms with van der Waals surface area (Å²) >= 11 is 1.28. The Morgan fingerprint density at radius 3 is 2.30 bits per heavy atom. The van der Waals surface area contributed by atoms with Crippen molar-refractivity contribution >= 4 is 23.9 Å². The lowest BCUT2D eigenvalue weighted by molar-refractivity contribution is -0.118. The van der Waals surface area contributed by atoms with Crippen molar-refractivity contribution in [2.24, 2.45) is 5.10 Å². The Balaban J connectivity index is 1.48. The zero-order chi connectivity index (χ0) is 26.2. The molecule has 0 fully saturated rings. The van der Waals surface area contributed by atoms with Crippen molar-refractivity contribution in [3.8, 4) is 34.3 Å². The molecule has 37 heavy (non-hydrogen) atoms. The van der Waals surface area contributed by atoms with E-state index in [4.69, 9.17) is 14.2 Å². The molecule has 190 valence electrons. The highest BCUT2D eigenvalue weighted by Gasteiger charge is 2.17. The molecule has 10 heteroatoms. The van der Waals surface area contributed by atoms with Gasteiger partial charge in [-0.05, 0) is 25.1 Å². The number of hydrogen-bond acceptors (Lipinski definition) is 8. The summed E-state index contributed by atoms with van der Waals surface area (Å²) in [5, 5.41) is 13.5. The number of aromatic nitrogens is 3. The van der Waals surface area contributed by atoms with E-state index in [-0.39, 0.29) is 11.7 Å². The van der Waals surface area contributed by atoms with Crippen molar-refractivity contribution in [1.82, 2.24) is 20.2 Å². The molecule has 0 saturated carbocycles. The lowest BCUT2D eigenvalue weighted by atomic mass is 10.1. The number of amides is 1. The maximum atomic E-state index is 12.6. The molecule has 0 bridgehead atoms. The standard InChI is InChI=1S/C27H27N5O4S/c1-18-10-12-19(13-11-18)26-30-31-27(32(26)21-8-6-5-7-9-21)37-17-25(33)29-28-16-20-14-23(35-3)24(36-4)15-22(20)34-2/h5-16H,17H2,1-4H3,(H,29,33)/b28-16+. The van der Waals surface area contributed by atoms with Crippen LogP contribution in [0, 0.1) is 6.92 Å². The maximum Gasteiger partial charge on any atom is 0.250 e. The molecule has 4 rings (SSSR count). The minimum absolute atomic E-state index is 0.0965. The number of carbonyl (C=O) groups is 1. The fourth-order valence-electron chi connectivity index (χ4n) is 3.55. The number of hydrogen-bond donors (Lipinski definition) is 1. The van der Waals surface area contributed by atoms with Crippen LogP contribution in [0.25, 0.3) is 17.1 Å². The largest absolute Gasteiger partial charge is 0.496 e. The van der Waals surface area contributed by atoms with Gasteiger partial charge in [0, 0.05) is 22.9 Å². The summed E-state index contributed by atoms with van der Waals surface area (Å²) in [4.78, 5) is 12.6. The molecule has 9 nitrogen and oxygen atoms in total. The second-order valence-electron chi connectivity index (χ2n) is 7.87. The highest BCUT2D eigenvalue weighted by Crippen LogP contribution is 2.34. The van der Waals surface area contributed by atoms with E-state index in [9.17, 15) is 4.79 Å². The Morgan fingerprint density at radius 2 is 1.62 bits per heavy atom. The first-order valence-corrected chi connectivity index (χ1v) is 12.3. The van der Waals surface area contributed by atoms with Crippen molar-refractivity contribution in [2.75, 3.05) is 27.1 Å². The third-order valence-corrected chi connectivity index (χ3v) is 6.35. The van der Waals surface area contributed by atoms with E-state index in [1.54, 1.807) is 33.5 Å². The highest BCUT2D eigenvalue weighted by molar-refractivity contribution is 7.99. The number of nitrogens with one attached hydrogen (secondary N) is 1. The van der Waals surface area contributed by atoms with Gasteiger partial charge in [-0.15, -0.1) is 10.2 Å². The zero-order valence-corrected chi connectivity index (χ0v) is 21.8. The third-order valence-electron chi connectivity index (χ3n) is 5.42. The molecule has 3 aromatic carbocycles. The van der Waals surface area contributed by atoms with Gasteiger partial charge in [-0.2, -0.15) is 5.10 Å². The first kappa shape index (κ1) is 25.8. The molecule has 0 saturated heterocycles. The quantitative estimate of drug-likeness (QED) is 0.188. The van der Waals surface area contributed by atoms with E-state index in [1.807, 2.05) is 66.1 Å². The fourth-order valence-corrected chi connectivity index (χ4v) is 4.30. The highest BCUT2D eigenvalue weighted by atomic mass is 32.2. The molecule has 1 aromatic heterocycles. The van der Waals surface area contributed by atoms with Crippen LogP contribution in [0.3, 0.4) is 0 Å². The van der Waals surface area contributed by atoms with Crippen LogP contribution in [0.1, 0.15) is 11.1 Å². The first-order chi connectivity index (χ1) is 18.0. The molecule has 0 radical (unpaired) electrons. The minimum atomic E-state index is -0.291. The molecule has 1 N–H and O–H groups in total. The van der Waals surface area contributed by atoms with Gasteiger partial charge >= 0.3 is 0 Å². The Labute approximate surface area is 219 Å². The van der Waals surface area contributed by atoms with Crippen LogP contribution in [0.15, 0.2) is 77.0 Å². The van der Waals surface area contributed by atoms with Gasteiger partial charge in [0.15, 0.2) is 22.5 Å². The normalized spacial score (nSPS) is 10.9. The van der Waals surface area contributed by atoms with E-state index >= 15 is 0 Å². The summed E-state index contributed by atoms with van der Waals surface area (Å²) < 4.78 is 18.0. The van der Waals surface area contributed by atoms with E-state index in [1.165, 1.54) is 18.0 Å². The van der Waals surface area contributed by atoms with Crippen molar-refractivity contribution < 1.29 is 19.0 Å². The zero-order valence-electron chi connectivity index (χ0n) is 21.0. The van der Waals surface area contributed by atoms with Gasteiger partial charge in [0.1, 0.15) is 5.75 Å². The van der Waals surface area contributed by atoms with Crippen LogP contribution in [0.4, 0.5) is 0 Å². The SMILES string of the molecule is COc1cc(OC)c(OC)cc1/C=N/NC(=O)CSc1nnc(-c2ccc(C)cc2)n1-c1ccccc1. The van der Waals surface area contributed by atoms with Crippen LogP contribution in [-0.2, 0) is 4.79 Å². The Kier molecular flexibility index (Phi) is 8.42. The van der Waals surface area contributed by atoms with Crippen molar-refractivity contribution in [2.45, 2.75) is 12.1 Å². The van der Waals surface area contributed by atoms with Gasteiger partial charge in [0.05, 0.1) is 33.3 Å². The van der Waals surface area contributed by atoms with Gasteiger partial charge < -0.3 is 14.2 Å². The van der Waals surface area contributed by atoms with Crippen molar-refractivity contribution in [3.63, 3.8) is 0 Å². The van der Waals surface area contributed by atoms with E-state index in [2.05, 4.69) is 20.7 Å². The predicted molar refractivity (Wildman–Crippen MR) is 144 cm³/mol. The summed E-state index contributed by atoms with van der Waals surface area (Å²) in [5.41, 5.74) is 6.18. The molecule has 4 aromatic rings. The molecule has 0 aliphatic heterocycles.